The van der Waals surface area contributed by atoms with Crippen LogP contribution in [0, 0.1) is 5.92 Å². The number of nitrogens with one attached hydrogen (secondary N) is 1. The highest BCUT2D eigenvalue weighted by Crippen LogP contribution is 2.16. The molecule has 1 unspecified atom stereocenters. The molecule has 6 heteroatoms. The quantitative estimate of drug-likeness (QED) is 0.904. The van der Waals surface area contributed by atoms with Crippen LogP contribution in [0.4, 0.5) is 5.95 Å². The maximum absolute atomic E-state index is 5.95. The second kappa shape index (κ2) is 5.01. The lowest BCUT2D eigenvalue weighted by Gasteiger charge is -2.14. The predicted octanol–water partition coefficient (Wildman–Crippen LogP) is 1.89. The van der Waals surface area contributed by atoms with Crippen LogP contribution in [0.15, 0.2) is 22.8 Å². The molecule has 0 aliphatic heterocycles. The number of halogens is 1. The monoisotopic (exact) mass is 297 g/mol. The highest BCUT2D eigenvalue weighted by Gasteiger charge is 2.10. The topological polar surface area (TPSA) is 68.2 Å². The zero-order valence-corrected chi connectivity index (χ0v) is 11.5. The molecule has 0 saturated carbocycles. The van der Waals surface area contributed by atoms with E-state index in [0.29, 0.717) is 18.4 Å². The standard InChI is InChI=1S/C11H16BrN5/c1-7(2)9(13)6-14-11-15-10-8(12)4-3-5-17(10)16-11/h3-5,7,9H,6,13H2,1-2H3,(H,14,16). The maximum atomic E-state index is 5.95. The maximum Gasteiger partial charge on any atom is 0.243 e. The molecule has 0 radical (unpaired) electrons. The summed E-state index contributed by atoms with van der Waals surface area (Å²) in [7, 11) is 0. The Morgan fingerprint density at radius 2 is 2.29 bits per heavy atom. The fraction of sp³-hybridized carbons (Fsp3) is 0.455. The number of fused-ring (bicyclic) bond motifs is 1. The van der Waals surface area contributed by atoms with E-state index < -0.39 is 0 Å². The average Bonchev–Trinajstić information content (AvgIpc) is 2.70. The summed E-state index contributed by atoms with van der Waals surface area (Å²) in [5.74, 6) is 1.04. The second-order valence-electron chi connectivity index (χ2n) is 4.35. The molecule has 0 bridgehead atoms. The largest absolute Gasteiger partial charge is 0.351 e. The van der Waals surface area contributed by atoms with Gasteiger partial charge in [-0.1, -0.05) is 13.8 Å². The van der Waals surface area contributed by atoms with Crippen molar-refractivity contribution in [1.29, 1.82) is 0 Å². The van der Waals surface area contributed by atoms with Gasteiger partial charge in [-0.2, -0.15) is 4.98 Å². The lowest BCUT2D eigenvalue weighted by Crippen LogP contribution is -2.34. The molecule has 0 spiro atoms. The zero-order chi connectivity index (χ0) is 12.4. The molecule has 0 saturated heterocycles. The average molecular weight is 298 g/mol. The van der Waals surface area contributed by atoms with Crippen molar-refractivity contribution in [2.45, 2.75) is 19.9 Å². The summed E-state index contributed by atoms with van der Waals surface area (Å²) in [6.07, 6.45) is 1.86. The molecule has 17 heavy (non-hydrogen) atoms. The minimum Gasteiger partial charge on any atom is -0.351 e. The molecule has 5 nitrogen and oxygen atoms in total. The smallest absolute Gasteiger partial charge is 0.243 e. The van der Waals surface area contributed by atoms with Gasteiger partial charge in [0.25, 0.3) is 0 Å². The van der Waals surface area contributed by atoms with Crippen LogP contribution < -0.4 is 11.1 Å². The normalized spacial score (nSPS) is 13.2. The van der Waals surface area contributed by atoms with Gasteiger partial charge < -0.3 is 11.1 Å². The van der Waals surface area contributed by atoms with Gasteiger partial charge in [0.1, 0.15) is 0 Å². The van der Waals surface area contributed by atoms with Crippen LogP contribution in [0.2, 0.25) is 0 Å². The van der Waals surface area contributed by atoms with E-state index in [2.05, 4.69) is 45.2 Å². The van der Waals surface area contributed by atoms with Gasteiger partial charge in [0.2, 0.25) is 5.95 Å². The number of rotatable bonds is 4. The SMILES string of the molecule is CC(C)C(N)CNc1nc2c(Br)cccn2n1. The van der Waals surface area contributed by atoms with Crippen molar-refractivity contribution in [2.75, 3.05) is 11.9 Å². The molecule has 2 rings (SSSR count). The summed E-state index contributed by atoms with van der Waals surface area (Å²) in [6, 6.07) is 3.95. The highest BCUT2D eigenvalue weighted by atomic mass is 79.9. The van der Waals surface area contributed by atoms with E-state index in [9.17, 15) is 0 Å². The van der Waals surface area contributed by atoms with Gasteiger partial charge in [0, 0.05) is 18.8 Å². The lowest BCUT2D eigenvalue weighted by atomic mass is 10.1. The fourth-order valence-electron chi connectivity index (χ4n) is 1.39. The minimum absolute atomic E-state index is 0.102. The Hall–Kier alpha value is -1.14. The van der Waals surface area contributed by atoms with Crippen LogP contribution in [0.25, 0.3) is 5.65 Å². The zero-order valence-electron chi connectivity index (χ0n) is 9.89. The van der Waals surface area contributed by atoms with E-state index in [1.807, 2.05) is 18.3 Å². The summed E-state index contributed by atoms with van der Waals surface area (Å²) in [6.45, 7) is 4.87. The van der Waals surface area contributed by atoms with Crippen molar-refractivity contribution >= 4 is 27.5 Å². The lowest BCUT2D eigenvalue weighted by molar-refractivity contribution is 0.510. The summed E-state index contributed by atoms with van der Waals surface area (Å²) in [5, 5.41) is 7.47. The van der Waals surface area contributed by atoms with Crippen LogP contribution in [0.3, 0.4) is 0 Å². The highest BCUT2D eigenvalue weighted by molar-refractivity contribution is 9.10. The molecule has 1 atom stereocenters. The van der Waals surface area contributed by atoms with Gasteiger partial charge in [-0.15, -0.1) is 5.10 Å². The van der Waals surface area contributed by atoms with Crippen LogP contribution in [0.5, 0.6) is 0 Å². The van der Waals surface area contributed by atoms with Crippen molar-refractivity contribution < 1.29 is 0 Å². The minimum atomic E-state index is 0.102. The van der Waals surface area contributed by atoms with Gasteiger partial charge in [-0.25, -0.2) is 4.52 Å². The molecule has 2 heterocycles. The first-order valence-electron chi connectivity index (χ1n) is 5.58. The molecule has 3 N–H and O–H groups in total. The van der Waals surface area contributed by atoms with Crippen LogP contribution in [-0.2, 0) is 0 Å². The third kappa shape index (κ3) is 2.76. The number of anilines is 1. The predicted molar refractivity (Wildman–Crippen MR) is 72.0 cm³/mol. The van der Waals surface area contributed by atoms with E-state index in [0.717, 1.165) is 10.1 Å². The van der Waals surface area contributed by atoms with Crippen LogP contribution in [-0.4, -0.2) is 27.2 Å². The molecule has 2 aromatic rings. The second-order valence-corrected chi connectivity index (χ2v) is 5.20. The Labute approximate surface area is 109 Å². The van der Waals surface area contributed by atoms with Crippen LogP contribution in [0.1, 0.15) is 13.8 Å². The Kier molecular flexibility index (Phi) is 3.63. The third-order valence-electron chi connectivity index (χ3n) is 2.67. The summed E-state index contributed by atoms with van der Waals surface area (Å²) in [5.41, 5.74) is 6.75. The van der Waals surface area contributed by atoms with E-state index in [4.69, 9.17) is 5.73 Å². The van der Waals surface area contributed by atoms with E-state index >= 15 is 0 Å². The Morgan fingerprint density at radius 1 is 1.53 bits per heavy atom. The molecular weight excluding hydrogens is 282 g/mol. The van der Waals surface area contributed by atoms with E-state index in [-0.39, 0.29) is 6.04 Å². The van der Waals surface area contributed by atoms with E-state index in [1.54, 1.807) is 4.52 Å². The number of nitrogens with zero attached hydrogens (tertiary/aromatic N) is 3. The summed E-state index contributed by atoms with van der Waals surface area (Å²) >= 11 is 3.44. The van der Waals surface area contributed by atoms with Gasteiger partial charge in [-0.3, -0.25) is 0 Å². The molecule has 2 aromatic heterocycles. The number of nitrogens with two attached hydrogens (primary N) is 1. The van der Waals surface area contributed by atoms with Crippen LogP contribution >= 0.6 is 15.9 Å². The molecule has 0 aliphatic rings. The van der Waals surface area contributed by atoms with Gasteiger partial charge in [0.15, 0.2) is 5.65 Å². The Balaban J connectivity index is 2.12. The third-order valence-corrected chi connectivity index (χ3v) is 3.29. The van der Waals surface area contributed by atoms with Crippen molar-refractivity contribution in [3.63, 3.8) is 0 Å². The molecule has 0 fully saturated rings. The Morgan fingerprint density at radius 3 is 2.94 bits per heavy atom. The first-order valence-corrected chi connectivity index (χ1v) is 6.37. The number of hydrogen-bond acceptors (Lipinski definition) is 4. The van der Waals surface area contributed by atoms with Crippen molar-refractivity contribution in [1.82, 2.24) is 14.6 Å². The van der Waals surface area contributed by atoms with Crippen molar-refractivity contribution in [2.24, 2.45) is 11.7 Å². The number of pyridine rings is 1. The molecule has 0 aliphatic carbocycles. The summed E-state index contributed by atoms with van der Waals surface area (Å²) < 4.78 is 2.65. The molecule has 0 amide bonds. The number of aromatic nitrogens is 3. The van der Waals surface area contributed by atoms with Gasteiger partial charge in [0.05, 0.1) is 4.47 Å². The first kappa shape index (κ1) is 12.3. The molecule has 0 aromatic carbocycles. The van der Waals surface area contributed by atoms with Gasteiger partial charge in [-0.05, 0) is 34.0 Å². The molecule has 92 valence electrons. The molecular formula is C11H16BrN5. The van der Waals surface area contributed by atoms with Crippen molar-refractivity contribution in [3.05, 3.63) is 22.8 Å². The first-order chi connectivity index (χ1) is 8.08. The number of hydrogen-bond donors (Lipinski definition) is 2. The van der Waals surface area contributed by atoms with Gasteiger partial charge >= 0.3 is 0 Å². The van der Waals surface area contributed by atoms with Crippen molar-refractivity contribution in [3.8, 4) is 0 Å². The van der Waals surface area contributed by atoms with E-state index in [1.165, 1.54) is 0 Å². The fourth-order valence-corrected chi connectivity index (χ4v) is 1.82. The Bertz CT molecular complexity index is 508. The summed E-state index contributed by atoms with van der Waals surface area (Å²) in [4.78, 5) is 4.38.